The van der Waals surface area contributed by atoms with E-state index >= 15 is 0 Å². The van der Waals surface area contributed by atoms with E-state index in [-0.39, 0.29) is 25.0 Å². The van der Waals surface area contributed by atoms with Crippen molar-refractivity contribution in [1.82, 2.24) is 4.90 Å². The maximum atomic E-state index is 12.2. The molecule has 2 aromatic rings. The number of ether oxygens (including phenoxy) is 1. The first kappa shape index (κ1) is 20.0. The molecule has 1 fully saturated rings. The predicted molar refractivity (Wildman–Crippen MR) is 106 cm³/mol. The highest BCUT2D eigenvalue weighted by atomic mass is 16.5. The van der Waals surface area contributed by atoms with Crippen LogP contribution in [0.25, 0.3) is 0 Å². The molecule has 148 valence electrons. The van der Waals surface area contributed by atoms with E-state index < -0.39 is 12.1 Å². The van der Waals surface area contributed by atoms with Crippen LogP contribution in [-0.4, -0.2) is 54.2 Å². The lowest BCUT2D eigenvalue weighted by molar-refractivity contribution is -0.160. The van der Waals surface area contributed by atoms with Crippen molar-refractivity contribution in [3.8, 4) is 0 Å². The lowest BCUT2D eigenvalue weighted by Gasteiger charge is -2.40. The zero-order valence-corrected chi connectivity index (χ0v) is 15.6. The van der Waals surface area contributed by atoms with E-state index in [4.69, 9.17) is 10.5 Å². The molecule has 4 N–H and O–H groups in total. The molecule has 28 heavy (non-hydrogen) atoms. The van der Waals surface area contributed by atoms with E-state index in [0.717, 1.165) is 11.1 Å². The van der Waals surface area contributed by atoms with Crippen molar-refractivity contribution in [2.75, 3.05) is 31.6 Å². The van der Waals surface area contributed by atoms with Crippen molar-refractivity contribution >= 4 is 17.5 Å². The number of aliphatic hydroxyl groups is 1. The average molecular weight is 383 g/mol. The van der Waals surface area contributed by atoms with Gasteiger partial charge in [-0.3, -0.25) is 9.59 Å². The van der Waals surface area contributed by atoms with Crippen LogP contribution in [0.5, 0.6) is 0 Å². The molecule has 1 aliphatic rings. The Kier molecular flexibility index (Phi) is 6.76. The largest absolute Gasteiger partial charge is 0.394 e. The summed E-state index contributed by atoms with van der Waals surface area (Å²) in [7, 11) is 0. The predicted octanol–water partition coefficient (Wildman–Crippen LogP) is 1.09. The van der Waals surface area contributed by atoms with E-state index in [1.54, 1.807) is 17.0 Å². The lowest BCUT2D eigenvalue weighted by atomic mass is 9.99. The van der Waals surface area contributed by atoms with Gasteiger partial charge < -0.3 is 25.8 Å². The van der Waals surface area contributed by atoms with Gasteiger partial charge in [0.05, 0.1) is 19.1 Å². The quantitative estimate of drug-likeness (QED) is 0.664. The Morgan fingerprint density at radius 2 is 1.89 bits per heavy atom. The smallest absolute Gasteiger partial charge is 0.249 e. The number of rotatable bonds is 7. The molecule has 1 heterocycles. The Morgan fingerprint density at radius 1 is 1.18 bits per heavy atom. The minimum atomic E-state index is -0.483. The monoisotopic (exact) mass is 383 g/mol. The maximum Gasteiger partial charge on any atom is 0.249 e. The number of morpholine rings is 1. The van der Waals surface area contributed by atoms with Gasteiger partial charge >= 0.3 is 0 Å². The molecular formula is C21H25N3O4. The maximum absolute atomic E-state index is 12.2. The number of nitrogens with one attached hydrogen (secondary N) is 1. The molecule has 1 saturated heterocycles. The number of anilines is 1. The number of hydrogen-bond acceptors (Lipinski definition) is 5. The van der Waals surface area contributed by atoms with Crippen LogP contribution < -0.4 is 11.1 Å². The minimum Gasteiger partial charge on any atom is -0.394 e. The Balaban J connectivity index is 1.66. The fourth-order valence-corrected chi connectivity index (χ4v) is 3.39. The van der Waals surface area contributed by atoms with Gasteiger partial charge in [-0.15, -0.1) is 0 Å². The standard InChI is InChI=1S/C21H25N3O4/c22-10-11-24-18(13-25)21(28-14-20(24)27)16-6-8-17(9-7-16)23-19(26)12-15-4-2-1-3-5-15/h1-9,18,21,25H,10-14,22H2,(H,23,26)/t18-,21-/m1/s1. The zero-order chi connectivity index (χ0) is 19.9. The van der Waals surface area contributed by atoms with Crippen molar-refractivity contribution in [3.63, 3.8) is 0 Å². The number of aliphatic hydroxyl groups excluding tert-OH is 1. The van der Waals surface area contributed by atoms with Gasteiger partial charge in [0.2, 0.25) is 11.8 Å². The van der Waals surface area contributed by atoms with Crippen LogP contribution in [0.4, 0.5) is 5.69 Å². The summed E-state index contributed by atoms with van der Waals surface area (Å²) in [5.74, 6) is -0.272. The molecule has 0 radical (unpaired) electrons. The summed E-state index contributed by atoms with van der Waals surface area (Å²) in [6, 6.07) is 16.3. The number of nitrogens with two attached hydrogens (primary N) is 1. The van der Waals surface area contributed by atoms with Crippen molar-refractivity contribution < 1.29 is 19.4 Å². The molecule has 0 saturated carbocycles. The van der Waals surface area contributed by atoms with Gasteiger partial charge in [-0.05, 0) is 23.3 Å². The summed E-state index contributed by atoms with van der Waals surface area (Å²) >= 11 is 0. The molecule has 2 amide bonds. The molecule has 1 aliphatic heterocycles. The van der Waals surface area contributed by atoms with Crippen LogP contribution in [0.2, 0.25) is 0 Å². The van der Waals surface area contributed by atoms with Crippen molar-refractivity contribution in [1.29, 1.82) is 0 Å². The zero-order valence-electron chi connectivity index (χ0n) is 15.6. The summed E-state index contributed by atoms with van der Waals surface area (Å²) in [4.78, 5) is 25.8. The second-order valence-corrected chi connectivity index (χ2v) is 6.69. The van der Waals surface area contributed by atoms with E-state index in [2.05, 4.69) is 5.32 Å². The summed E-state index contributed by atoms with van der Waals surface area (Å²) < 4.78 is 5.68. The normalized spacial score (nSPS) is 19.5. The van der Waals surface area contributed by atoms with Gasteiger partial charge in [0, 0.05) is 18.8 Å². The highest BCUT2D eigenvalue weighted by Gasteiger charge is 2.36. The second-order valence-electron chi connectivity index (χ2n) is 6.69. The molecule has 2 atom stereocenters. The van der Waals surface area contributed by atoms with Crippen molar-refractivity contribution in [2.24, 2.45) is 5.73 Å². The molecule has 0 aromatic heterocycles. The second kappa shape index (κ2) is 9.45. The third kappa shape index (κ3) is 4.75. The van der Waals surface area contributed by atoms with Crippen LogP contribution in [-0.2, 0) is 20.7 Å². The Bertz CT molecular complexity index is 795. The van der Waals surface area contributed by atoms with E-state index in [1.165, 1.54) is 0 Å². The van der Waals surface area contributed by atoms with Crippen molar-refractivity contribution in [3.05, 3.63) is 65.7 Å². The number of benzene rings is 2. The summed E-state index contributed by atoms with van der Waals surface area (Å²) in [6.07, 6.45) is -0.139. The number of amides is 2. The topological polar surface area (TPSA) is 105 Å². The van der Waals surface area contributed by atoms with Gasteiger partial charge in [-0.25, -0.2) is 0 Å². The van der Waals surface area contributed by atoms with Gasteiger partial charge in [0.25, 0.3) is 0 Å². The third-order valence-corrected chi connectivity index (χ3v) is 4.74. The molecular weight excluding hydrogens is 358 g/mol. The van der Waals surface area contributed by atoms with Crippen molar-refractivity contribution in [2.45, 2.75) is 18.6 Å². The summed E-state index contributed by atoms with van der Waals surface area (Å²) in [5.41, 5.74) is 8.04. The number of carbonyl (C=O) groups excluding carboxylic acids is 2. The van der Waals surface area contributed by atoms with Gasteiger partial charge in [-0.2, -0.15) is 0 Å². The first-order valence-corrected chi connectivity index (χ1v) is 9.28. The molecule has 0 aliphatic carbocycles. The summed E-state index contributed by atoms with van der Waals surface area (Å²) in [5, 5.41) is 12.7. The molecule has 0 bridgehead atoms. The SMILES string of the molecule is NCCN1C(=O)CO[C@H](c2ccc(NC(=O)Cc3ccccc3)cc2)[C@H]1CO. The van der Waals surface area contributed by atoms with Gasteiger partial charge in [0.15, 0.2) is 0 Å². The molecule has 7 nitrogen and oxygen atoms in total. The molecule has 0 unspecified atom stereocenters. The number of hydrogen-bond donors (Lipinski definition) is 3. The third-order valence-electron chi connectivity index (χ3n) is 4.74. The Hall–Kier alpha value is -2.74. The van der Waals surface area contributed by atoms with E-state index in [9.17, 15) is 14.7 Å². The molecule has 2 aromatic carbocycles. The van der Waals surface area contributed by atoms with Crippen LogP contribution in [0.1, 0.15) is 17.2 Å². The lowest BCUT2D eigenvalue weighted by Crippen LogP contribution is -2.54. The number of carbonyl (C=O) groups is 2. The fraction of sp³-hybridized carbons (Fsp3) is 0.333. The van der Waals surface area contributed by atoms with Crippen LogP contribution in [0.15, 0.2) is 54.6 Å². The first-order chi connectivity index (χ1) is 13.6. The van der Waals surface area contributed by atoms with Gasteiger partial charge in [0.1, 0.15) is 12.7 Å². The number of nitrogens with zero attached hydrogens (tertiary/aromatic N) is 1. The van der Waals surface area contributed by atoms with Crippen LogP contribution in [0, 0.1) is 0 Å². The molecule has 0 spiro atoms. The highest BCUT2D eigenvalue weighted by molar-refractivity contribution is 5.92. The minimum absolute atomic E-state index is 0.0449. The first-order valence-electron chi connectivity index (χ1n) is 9.28. The van der Waals surface area contributed by atoms with Gasteiger partial charge in [-0.1, -0.05) is 42.5 Å². The fourth-order valence-electron chi connectivity index (χ4n) is 3.39. The Labute approximate surface area is 164 Å². The average Bonchev–Trinajstić information content (AvgIpc) is 2.71. The summed E-state index contributed by atoms with van der Waals surface area (Å²) in [6.45, 7) is 0.432. The molecule has 7 heteroatoms. The van der Waals surface area contributed by atoms with Crippen LogP contribution in [0.3, 0.4) is 0 Å². The highest BCUT2D eigenvalue weighted by Crippen LogP contribution is 2.29. The van der Waals surface area contributed by atoms with E-state index in [1.807, 2.05) is 42.5 Å². The Morgan fingerprint density at radius 3 is 2.54 bits per heavy atom. The van der Waals surface area contributed by atoms with E-state index in [0.29, 0.717) is 25.2 Å². The molecule has 3 rings (SSSR count). The van der Waals surface area contributed by atoms with Crippen LogP contribution >= 0.6 is 0 Å².